The Morgan fingerprint density at radius 3 is 2.28 bits per heavy atom. The first-order chi connectivity index (χ1) is 15.6. The van der Waals surface area contributed by atoms with Gasteiger partial charge in [0.05, 0.1) is 7.11 Å². The third-order valence-corrected chi connectivity index (χ3v) is 6.52. The van der Waals surface area contributed by atoms with E-state index < -0.39 is 0 Å². The number of carbonyl (C=O) groups excluding carboxylic acids is 2. The van der Waals surface area contributed by atoms with E-state index in [0.29, 0.717) is 19.3 Å². The number of Topliss-reactive ketones (excluding diaryl/α,β-unsaturated/α-hetero) is 1. The molecule has 0 bridgehead atoms. The first-order valence-electron chi connectivity index (χ1n) is 11.0. The lowest BCUT2D eigenvalue weighted by atomic mass is 9.73. The Bertz CT molecular complexity index is 1190. The van der Waals surface area contributed by atoms with Gasteiger partial charge in [-0.05, 0) is 46.7 Å². The number of carbonyl (C=O) groups is 2. The number of hydrogen-bond donors (Lipinski definition) is 1. The third-order valence-electron chi connectivity index (χ3n) is 6.52. The van der Waals surface area contributed by atoms with Crippen molar-refractivity contribution in [3.8, 4) is 16.9 Å². The zero-order valence-corrected chi connectivity index (χ0v) is 18.0. The summed E-state index contributed by atoms with van der Waals surface area (Å²) in [5.41, 5.74) is 5.90. The quantitative estimate of drug-likeness (QED) is 0.614. The van der Waals surface area contributed by atoms with Gasteiger partial charge in [-0.25, -0.2) is 0 Å². The Hall–Kier alpha value is -3.66. The van der Waals surface area contributed by atoms with Gasteiger partial charge in [-0.1, -0.05) is 66.7 Å². The molecule has 3 aromatic rings. The number of ketones is 1. The maximum atomic E-state index is 13.3. The van der Waals surface area contributed by atoms with Gasteiger partial charge >= 0.3 is 0 Å². The Labute approximate surface area is 187 Å². The molecule has 1 N–H and O–H groups in total. The third kappa shape index (κ3) is 3.84. The van der Waals surface area contributed by atoms with Crippen LogP contribution in [-0.4, -0.2) is 18.8 Å². The summed E-state index contributed by atoms with van der Waals surface area (Å²) in [5, 5.41) is 3.00. The number of methoxy groups -OCH3 is 1. The number of ether oxygens (including phenoxy) is 1. The molecule has 5 rings (SSSR count). The van der Waals surface area contributed by atoms with Crippen molar-refractivity contribution in [2.75, 3.05) is 7.11 Å². The van der Waals surface area contributed by atoms with E-state index in [1.54, 1.807) is 7.11 Å². The number of nitrogens with one attached hydrogen (secondary N) is 1. The first kappa shape index (κ1) is 20.3. The maximum Gasteiger partial charge on any atom is 0.225 e. The van der Waals surface area contributed by atoms with Gasteiger partial charge in [0.1, 0.15) is 5.75 Å². The van der Waals surface area contributed by atoms with Gasteiger partial charge in [-0.15, -0.1) is 0 Å². The molecule has 0 saturated heterocycles. The minimum Gasteiger partial charge on any atom is -0.497 e. The second kappa shape index (κ2) is 8.46. The van der Waals surface area contributed by atoms with Crippen LogP contribution >= 0.6 is 0 Å². The summed E-state index contributed by atoms with van der Waals surface area (Å²) in [4.78, 5) is 25.9. The molecular weight excluding hydrogens is 398 g/mol. The molecule has 2 unspecified atom stereocenters. The normalized spacial score (nSPS) is 20.5. The van der Waals surface area contributed by atoms with Crippen molar-refractivity contribution in [2.24, 2.45) is 0 Å². The fourth-order valence-corrected chi connectivity index (χ4v) is 4.91. The lowest BCUT2D eigenvalue weighted by Gasteiger charge is -2.34. The van der Waals surface area contributed by atoms with Gasteiger partial charge in [-0.3, -0.25) is 9.59 Å². The monoisotopic (exact) mass is 423 g/mol. The van der Waals surface area contributed by atoms with Crippen molar-refractivity contribution >= 4 is 11.7 Å². The van der Waals surface area contributed by atoms with E-state index in [2.05, 4.69) is 41.7 Å². The van der Waals surface area contributed by atoms with E-state index in [1.165, 1.54) is 0 Å². The number of rotatable bonds is 4. The molecule has 0 aromatic heterocycles. The molecule has 4 nitrogen and oxygen atoms in total. The standard InChI is InChI=1S/C28H25NO3/c1-32-23-9-5-8-21(14-23)22-15-25-28(26(30)16-22)24(17-27(31)29-25)20-12-10-19(11-13-20)18-6-3-2-4-7-18/h2-14,22,24H,15-17H2,1H3,(H,29,31). The second-order valence-electron chi connectivity index (χ2n) is 8.49. The van der Waals surface area contributed by atoms with E-state index in [9.17, 15) is 9.59 Å². The lowest BCUT2D eigenvalue weighted by molar-refractivity contribution is -0.122. The largest absolute Gasteiger partial charge is 0.497 e. The average Bonchev–Trinajstić information content (AvgIpc) is 2.84. The van der Waals surface area contributed by atoms with E-state index in [0.717, 1.165) is 39.3 Å². The summed E-state index contributed by atoms with van der Waals surface area (Å²) in [6.07, 6.45) is 1.40. The molecule has 2 atom stereocenters. The van der Waals surface area contributed by atoms with E-state index >= 15 is 0 Å². The van der Waals surface area contributed by atoms with Crippen LogP contribution in [0.4, 0.5) is 0 Å². The fraction of sp³-hybridized carbons (Fsp3) is 0.214. The van der Waals surface area contributed by atoms with Crippen LogP contribution in [0, 0.1) is 0 Å². The highest BCUT2D eigenvalue weighted by Crippen LogP contribution is 2.43. The Kier molecular flexibility index (Phi) is 5.36. The molecule has 1 heterocycles. The van der Waals surface area contributed by atoms with Crippen LogP contribution in [0.25, 0.3) is 11.1 Å². The zero-order chi connectivity index (χ0) is 22.1. The van der Waals surface area contributed by atoms with Crippen molar-refractivity contribution in [1.29, 1.82) is 0 Å². The molecule has 0 spiro atoms. The van der Waals surface area contributed by atoms with Crippen LogP contribution in [0.5, 0.6) is 5.75 Å². The van der Waals surface area contributed by atoms with Crippen molar-refractivity contribution in [2.45, 2.75) is 31.1 Å². The average molecular weight is 424 g/mol. The molecule has 0 radical (unpaired) electrons. The summed E-state index contributed by atoms with van der Waals surface area (Å²) in [6, 6.07) is 26.3. The van der Waals surface area contributed by atoms with E-state index in [4.69, 9.17) is 4.74 Å². The molecule has 1 amide bonds. The molecule has 0 fully saturated rings. The highest BCUT2D eigenvalue weighted by molar-refractivity contribution is 6.02. The highest BCUT2D eigenvalue weighted by Gasteiger charge is 2.38. The SMILES string of the molecule is COc1cccc(C2CC(=O)C3=C(C2)NC(=O)CC3c2ccc(-c3ccccc3)cc2)c1. The molecule has 3 aromatic carbocycles. The van der Waals surface area contributed by atoms with Crippen molar-refractivity contribution in [1.82, 2.24) is 5.32 Å². The molecule has 1 aliphatic heterocycles. The molecular formula is C28H25NO3. The van der Waals surface area contributed by atoms with Crippen LogP contribution in [0.2, 0.25) is 0 Å². The summed E-state index contributed by atoms with van der Waals surface area (Å²) < 4.78 is 5.35. The van der Waals surface area contributed by atoms with Crippen LogP contribution < -0.4 is 10.1 Å². The number of benzene rings is 3. The van der Waals surface area contributed by atoms with Crippen LogP contribution in [0.1, 0.15) is 42.2 Å². The van der Waals surface area contributed by atoms with Gasteiger partial charge in [-0.2, -0.15) is 0 Å². The first-order valence-corrected chi connectivity index (χ1v) is 11.0. The van der Waals surface area contributed by atoms with Gasteiger partial charge < -0.3 is 10.1 Å². The van der Waals surface area contributed by atoms with Crippen LogP contribution in [0.15, 0.2) is 90.1 Å². The molecule has 160 valence electrons. The van der Waals surface area contributed by atoms with E-state index in [1.807, 2.05) is 42.5 Å². The van der Waals surface area contributed by atoms with E-state index in [-0.39, 0.29) is 23.5 Å². The van der Waals surface area contributed by atoms with Crippen molar-refractivity contribution in [3.63, 3.8) is 0 Å². The minimum absolute atomic E-state index is 0.0278. The number of allylic oxidation sites excluding steroid dienone is 2. The number of amides is 1. The Morgan fingerprint density at radius 2 is 1.53 bits per heavy atom. The lowest BCUT2D eigenvalue weighted by Crippen LogP contribution is -2.38. The minimum atomic E-state index is -0.192. The molecule has 1 aliphatic carbocycles. The number of hydrogen-bond acceptors (Lipinski definition) is 3. The predicted octanol–water partition coefficient (Wildman–Crippen LogP) is 5.37. The van der Waals surface area contributed by atoms with Crippen molar-refractivity contribution in [3.05, 3.63) is 101 Å². The van der Waals surface area contributed by atoms with Crippen LogP contribution in [-0.2, 0) is 9.59 Å². The van der Waals surface area contributed by atoms with Crippen LogP contribution in [0.3, 0.4) is 0 Å². The topological polar surface area (TPSA) is 55.4 Å². The van der Waals surface area contributed by atoms with Gasteiger partial charge in [0.25, 0.3) is 0 Å². The molecule has 4 heteroatoms. The smallest absolute Gasteiger partial charge is 0.225 e. The summed E-state index contributed by atoms with van der Waals surface area (Å²) in [6.45, 7) is 0. The maximum absolute atomic E-state index is 13.3. The Morgan fingerprint density at radius 1 is 0.781 bits per heavy atom. The fourth-order valence-electron chi connectivity index (χ4n) is 4.91. The summed E-state index contributed by atoms with van der Waals surface area (Å²) in [7, 11) is 1.64. The summed E-state index contributed by atoms with van der Waals surface area (Å²) >= 11 is 0. The highest BCUT2D eigenvalue weighted by atomic mass is 16.5. The molecule has 32 heavy (non-hydrogen) atoms. The van der Waals surface area contributed by atoms with Gasteiger partial charge in [0.2, 0.25) is 5.91 Å². The van der Waals surface area contributed by atoms with Gasteiger partial charge in [0, 0.05) is 30.0 Å². The molecule has 2 aliphatic rings. The van der Waals surface area contributed by atoms with Crippen molar-refractivity contribution < 1.29 is 14.3 Å². The predicted molar refractivity (Wildman–Crippen MR) is 124 cm³/mol. The summed E-state index contributed by atoms with van der Waals surface area (Å²) in [5.74, 6) is 0.716. The zero-order valence-electron chi connectivity index (χ0n) is 18.0. The van der Waals surface area contributed by atoms with Gasteiger partial charge in [0.15, 0.2) is 5.78 Å². The Balaban J connectivity index is 1.46. The second-order valence-corrected chi connectivity index (χ2v) is 8.49. The molecule has 0 saturated carbocycles.